The van der Waals surface area contributed by atoms with Gasteiger partial charge in [-0.3, -0.25) is 4.90 Å². The Morgan fingerprint density at radius 1 is 1.30 bits per heavy atom. The van der Waals surface area contributed by atoms with Crippen molar-refractivity contribution < 1.29 is 0 Å². The van der Waals surface area contributed by atoms with Crippen LogP contribution in [0.15, 0.2) is 12.1 Å². The molecule has 2 aliphatic rings. The van der Waals surface area contributed by atoms with E-state index in [0.717, 1.165) is 18.0 Å². The fourth-order valence-corrected chi connectivity index (χ4v) is 3.87. The Bertz CT molecular complexity index is 486. The van der Waals surface area contributed by atoms with E-state index in [1.165, 1.54) is 55.7 Å². The molecule has 2 nitrogen and oxygen atoms in total. The Kier molecular flexibility index (Phi) is 4.23. The Morgan fingerprint density at radius 2 is 2.15 bits per heavy atom. The van der Waals surface area contributed by atoms with Crippen LogP contribution in [-0.4, -0.2) is 37.1 Å². The lowest BCUT2D eigenvalue weighted by atomic mass is 9.92. The molecule has 110 valence electrons. The lowest BCUT2D eigenvalue weighted by molar-refractivity contribution is 0.211. The number of halogens is 1. The lowest BCUT2D eigenvalue weighted by Gasteiger charge is -2.46. The van der Waals surface area contributed by atoms with Crippen molar-refractivity contribution in [2.45, 2.75) is 45.6 Å². The molecule has 20 heavy (non-hydrogen) atoms. The molecule has 0 radical (unpaired) electrons. The Morgan fingerprint density at radius 3 is 2.95 bits per heavy atom. The van der Waals surface area contributed by atoms with Crippen LogP contribution in [0.2, 0.25) is 5.02 Å². The molecule has 1 saturated heterocycles. The number of benzene rings is 1. The standard InChI is InChI=1S/C17H25ClN2/c1-3-4-9-19-10-11-20-14(12-19)6-7-15-16(20)8-5-13(2)17(15)18/h5,8,14H,3-4,6-7,9-12H2,1-2H3. The Labute approximate surface area is 127 Å². The molecule has 1 atom stereocenters. The van der Waals surface area contributed by atoms with E-state index in [0.29, 0.717) is 6.04 Å². The second-order valence-corrected chi connectivity index (χ2v) is 6.61. The molecule has 0 saturated carbocycles. The number of rotatable bonds is 3. The number of fused-ring (bicyclic) bond motifs is 3. The van der Waals surface area contributed by atoms with Crippen molar-refractivity contribution in [1.29, 1.82) is 0 Å². The lowest BCUT2D eigenvalue weighted by Crippen LogP contribution is -2.55. The van der Waals surface area contributed by atoms with E-state index in [2.05, 4.69) is 35.8 Å². The Hall–Kier alpha value is -0.730. The van der Waals surface area contributed by atoms with Crippen LogP contribution in [0.3, 0.4) is 0 Å². The van der Waals surface area contributed by atoms with E-state index in [4.69, 9.17) is 11.6 Å². The molecule has 0 aliphatic carbocycles. The molecule has 2 aliphatic heterocycles. The molecule has 1 unspecified atom stereocenters. The number of unbranched alkanes of at least 4 members (excludes halogenated alkanes) is 1. The van der Waals surface area contributed by atoms with Gasteiger partial charge in [0.25, 0.3) is 0 Å². The number of aryl methyl sites for hydroxylation is 1. The van der Waals surface area contributed by atoms with E-state index >= 15 is 0 Å². The van der Waals surface area contributed by atoms with Gasteiger partial charge in [-0.25, -0.2) is 0 Å². The fraction of sp³-hybridized carbons (Fsp3) is 0.647. The molecule has 2 heterocycles. The van der Waals surface area contributed by atoms with Gasteiger partial charge in [0.05, 0.1) is 0 Å². The van der Waals surface area contributed by atoms with Crippen LogP contribution in [0.1, 0.15) is 37.3 Å². The Balaban J connectivity index is 1.77. The van der Waals surface area contributed by atoms with Crippen molar-refractivity contribution in [2.24, 2.45) is 0 Å². The van der Waals surface area contributed by atoms with Gasteiger partial charge in [-0.2, -0.15) is 0 Å². The summed E-state index contributed by atoms with van der Waals surface area (Å²) in [5, 5.41) is 0.995. The molecule has 1 aromatic carbocycles. The summed E-state index contributed by atoms with van der Waals surface area (Å²) in [7, 11) is 0. The van der Waals surface area contributed by atoms with Crippen molar-refractivity contribution in [3.8, 4) is 0 Å². The molecule has 0 aromatic heterocycles. The van der Waals surface area contributed by atoms with Gasteiger partial charge >= 0.3 is 0 Å². The van der Waals surface area contributed by atoms with Gasteiger partial charge in [0.1, 0.15) is 0 Å². The largest absolute Gasteiger partial charge is 0.366 e. The zero-order valence-electron chi connectivity index (χ0n) is 12.7. The van der Waals surface area contributed by atoms with E-state index in [1.54, 1.807) is 0 Å². The van der Waals surface area contributed by atoms with E-state index in [-0.39, 0.29) is 0 Å². The van der Waals surface area contributed by atoms with Gasteiger partial charge in [-0.15, -0.1) is 0 Å². The number of piperazine rings is 1. The van der Waals surface area contributed by atoms with Crippen LogP contribution < -0.4 is 4.90 Å². The summed E-state index contributed by atoms with van der Waals surface area (Å²) in [6.45, 7) is 9.23. The summed E-state index contributed by atoms with van der Waals surface area (Å²) in [6, 6.07) is 5.14. The van der Waals surface area contributed by atoms with Crippen LogP contribution >= 0.6 is 11.6 Å². The maximum atomic E-state index is 6.50. The monoisotopic (exact) mass is 292 g/mol. The normalized spacial score (nSPS) is 22.6. The molecule has 3 heteroatoms. The first-order valence-corrected chi connectivity index (χ1v) is 8.35. The highest BCUT2D eigenvalue weighted by Crippen LogP contribution is 2.38. The highest BCUT2D eigenvalue weighted by Gasteiger charge is 2.32. The molecule has 3 rings (SSSR count). The second-order valence-electron chi connectivity index (χ2n) is 6.23. The SMILES string of the molecule is CCCCN1CCN2c3ccc(C)c(Cl)c3CCC2C1. The molecular formula is C17H25ClN2. The predicted octanol–water partition coefficient (Wildman–Crippen LogP) is 3.89. The molecular weight excluding hydrogens is 268 g/mol. The van der Waals surface area contributed by atoms with Gasteiger partial charge < -0.3 is 4.90 Å². The summed E-state index contributed by atoms with van der Waals surface area (Å²) in [5.41, 5.74) is 3.99. The summed E-state index contributed by atoms with van der Waals surface area (Å²) in [4.78, 5) is 5.25. The van der Waals surface area contributed by atoms with E-state index in [9.17, 15) is 0 Å². The third-order valence-electron chi connectivity index (χ3n) is 4.84. The summed E-state index contributed by atoms with van der Waals surface area (Å²) < 4.78 is 0. The highest BCUT2D eigenvalue weighted by atomic mass is 35.5. The van der Waals surface area contributed by atoms with Gasteiger partial charge in [0, 0.05) is 36.4 Å². The zero-order chi connectivity index (χ0) is 14.1. The van der Waals surface area contributed by atoms with Crippen molar-refractivity contribution in [1.82, 2.24) is 4.90 Å². The average molecular weight is 293 g/mol. The first-order chi connectivity index (χ1) is 9.70. The quantitative estimate of drug-likeness (QED) is 0.834. The van der Waals surface area contributed by atoms with Crippen LogP contribution in [0.5, 0.6) is 0 Å². The van der Waals surface area contributed by atoms with Crippen LogP contribution in [-0.2, 0) is 6.42 Å². The molecule has 0 bridgehead atoms. The van der Waals surface area contributed by atoms with Crippen LogP contribution in [0.4, 0.5) is 5.69 Å². The average Bonchev–Trinajstić information content (AvgIpc) is 2.48. The molecule has 0 spiro atoms. The third kappa shape index (κ3) is 2.56. The van der Waals surface area contributed by atoms with Gasteiger partial charge in [-0.05, 0) is 49.9 Å². The van der Waals surface area contributed by atoms with Gasteiger partial charge in [0.15, 0.2) is 0 Å². The van der Waals surface area contributed by atoms with E-state index < -0.39 is 0 Å². The first-order valence-electron chi connectivity index (χ1n) is 7.97. The first kappa shape index (κ1) is 14.2. The highest BCUT2D eigenvalue weighted by molar-refractivity contribution is 6.32. The summed E-state index contributed by atoms with van der Waals surface area (Å²) in [5.74, 6) is 0. The third-order valence-corrected chi connectivity index (χ3v) is 5.37. The van der Waals surface area contributed by atoms with Crippen LogP contribution in [0, 0.1) is 6.92 Å². The zero-order valence-corrected chi connectivity index (χ0v) is 13.4. The maximum Gasteiger partial charge on any atom is 0.0487 e. The van der Waals surface area contributed by atoms with Crippen molar-refractivity contribution in [3.05, 3.63) is 28.3 Å². The number of hydrogen-bond donors (Lipinski definition) is 0. The minimum absolute atomic E-state index is 0.687. The minimum Gasteiger partial charge on any atom is -0.366 e. The molecule has 0 amide bonds. The molecule has 1 fully saturated rings. The predicted molar refractivity (Wildman–Crippen MR) is 87.0 cm³/mol. The summed E-state index contributed by atoms with van der Waals surface area (Å²) in [6.07, 6.45) is 5.01. The van der Waals surface area contributed by atoms with Crippen LogP contribution in [0.25, 0.3) is 0 Å². The van der Waals surface area contributed by atoms with Crippen molar-refractivity contribution in [3.63, 3.8) is 0 Å². The maximum absolute atomic E-state index is 6.50. The number of hydrogen-bond acceptors (Lipinski definition) is 2. The second kappa shape index (κ2) is 5.95. The fourth-order valence-electron chi connectivity index (χ4n) is 3.61. The molecule has 1 aromatic rings. The molecule has 0 N–H and O–H groups in total. The van der Waals surface area contributed by atoms with Crippen molar-refractivity contribution >= 4 is 17.3 Å². The summed E-state index contributed by atoms with van der Waals surface area (Å²) >= 11 is 6.50. The number of anilines is 1. The van der Waals surface area contributed by atoms with E-state index in [1.807, 2.05) is 0 Å². The van der Waals surface area contributed by atoms with Crippen molar-refractivity contribution in [2.75, 3.05) is 31.1 Å². The van der Waals surface area contributed by atoms with Gasteiger partial charge in [-0.1, -0.05) is 31.0 Å². The minimum atomic E-state index is 0.687. The topological polar surface area (TPSA) is 6.48 Å². The number of nitrogens with zero attached hydrogens (tertiary/aromatic N) is 2. The smallest absolute Gasteiger partial charge is 0.0487 e. The van der Waals surface area contributed by atoms with Gasteiger partial charge in [0.2, 0.25) is 0 Å².